The Morgan fingerprint density at radius 2 is 2.04 bits per heavy atom. The van der Waals surface area contributed by atoms with Gasteiger partial charge in [0.25, 0.3) is 0 Å². The van der Waals surface area contributed by atoms with E-state index >= 15 is 0 Å². The van der Waals surface area contributed by atoms with E-state index in [1.54, 1.807) is 12.5 Å². The van der Waals surface area contributed by atoms with Crippen LogP contribution >= 0.6 is 11.6 Å². The zero-order chi connectivity index (χ0) is 16.5. The Hall–Kier alpha value is -1.58. The second-order valence-electron chi connectivity index (χ2n) is 7.18. The summed E-state index contributed by atoms with van der Waals surface area (Å²) < 4.78 is 1.97. The van der Waals surface area contributed by atoms with Crippen LogP contribution < -0.4 is 0 Å². The quantitative estimate of drug-likeness (QED) is 0.895. The molecular formula is C19H23ClN2O. The van der Waals surface area contributed by atoms with E-state index in [-0.39, 0.29) is 5.41 Å². The lowest BCUT2D eigenvalue weighted by Gasteiger charge is -2.47. The highest BCUT2D eigenvalue weighted by Crippen LogP contribution is 2.47. The monoisotopic (exact) mass is 330 g/mol. The molecule has 122 valence electrons. The second kappa shape index (κ2) is 6.14. The van der Waals surface area contributed by atoms with Crippen molar-refractivity contribution in [3.63, 3.8) is 0 Å². The number of aromatic nitrogens is 2. The molecule has 23 heavy (non-hydrogen) atoms. The van der Waals surface area contributed by atoms with Crippen LogP contribution in [0.3, 0.4) is 0 Å². The smallest absolute Gasteiger partial charge is 0.0946 e. The van der Waals surface area contributed by atoms with Crippen molar-refractivity contribution >= 4 is 17.7 Å². The van der Waals surface area contributed by atoms with Crippen LogP contribution in [0.25, 0.3) is 6.08 Å². The minimum absolute atomic E-state index is 0.130. The molecule has 1 aromatic heterocycles. The van der Waals surface area contributed by atoms with Crippen LogP contribution in [0.15, 0.2) is 48.6 Å². The summed E-state index contributed by atoms with van der Waals surface area (Å²) in [6.07, 6.45) is 10.3. The van der Waals surface area contributed by atoms with Crippen LogP contribution in [-0.4, -0.2) is 20.3 Å². The molecule has 1 aliphatic rings. The SMILES string of the molecule is CC1(C)CC/C(=C/c2ccc(Cl)cc2)CC1(O)Cn1ccnc1. The van der Waals surface area contributed by atoms with Gasteiger partial charge in [-0.3, -0.25) is 0 Å². The molecular weight excluding hydrogens is 308 g/mol. The van der Waals surface area contributed by atoms with Gasteiger partial charge in [0, 0.05) is 17.4 Å². The third-order valence-electron chi connectivity index (χ3n) is 5.09. The van der Waals surface area contributed by atoms with E-state index < -0.39 is 5.60 Å². The Balaban J connectivity index is 1.84. The molecule has 1 aliphatic carbocycles. The number of halogens is 1. The topological polar surface area (TPSA) is 38.0 Å². The fourth-order valence-electron chi connectivity index (χ4n) is 3.28. The van der Waals surface area contributed by atoms with Gasteiger partial charge in [0.05, 0.1) is 18.5 Å². The number of imidazole rings is 1. The maximum Gasteiger partial charge on any atom is 0.0946 e. The minimum atomic E-state index is -0.774. The summed E-state index contributed by atoms with van der Waals surface area (Å²) in [6.45, 7) is 4.88. The summed E-state index contributed by atoms with van der Waals surface area (Å²) in [4.78, 5) is 4.09. The molecule has 3 rings (SSSR count). The minimum Gasteiger partial charge on any atom is -0.387 e. The van der Waals surface area contributed by atoms with E-state index in [1.807, 2.05) is 35.0 Å². The molecule has 3 nitrogen and oxygen atoms in total. The first-order valence-electron chi connectivity index (χ1n) is 8.01. The van der Waals surface area contributed by atoms with Crippen molar-refractivity contribution in [2.45, 2.75) is 45.3 Å². The van der Waals surface area contributed by atoms with E-state index in [9.17, 15) is 5.11 Å². The van der Waals surface area contributed by atoms with Gasteiger partial charge in [-0.2, -0.15) is 0 Å². The molecule has 1 fully saturated rings. The summed E-state index contributed by atoms with van der Waals surface area (Å²) in [5, 5.41) is 12.1. The van der Waals surface area contributed by atoms with E-state index in [1.165, 1.54) is 5.57 Å². The predicted octanol–water partition coefficient (Wildman–Crippen LogP) is 4.56. The maximum absolute atomic E-state index is 11.4. The van der Waals surface area contributed by atoms with Crippen molar-refractivity contribution in [3.05, 3.63) is 59.1 Å². The van der Waals surface area contributed by atoms with Crippen LogP contribution in [0.2, 0.25) is 5.02 Å². The van der Waals surface area contributed by atoms with Gasteiger partial charge in [-0.1, -0.05) is 49.2 Å². The second-order valence-corrected chi connectivity index (χ2v) is 7.62. The molecule has 0 aliphatic heterocycles. The van der Waals surface area contributed by atoms with Gasteiger partial charge in [-0.25, -0.2) is 4.98 Å². The highest BCUT2D eigenvalue weighted by Gasteiger charge is 2.46. The van der Waals surface area contributed by atoms with Crippen molar-refractivity contribution in [1.82, 2.24) is 9.55 Å². The van der Waals surface area contributed by atoms with Gasteiger partial charge in [-0.15, -0.1) is 0 Å². The van der Waals surface area contributed by atoms with Gasteiger partial charge in [0.15, 0.2) is 0 Å². The third-order valence-corrected chi connectivity index (χ3v) is 5.35. The molecule has 0 saturated heterocycles. The Morgan fingerprint density at radius 1 is 1.30 bits per heavy atom. The number of hydrogen-bond acceptors (Lipinski definition) is 2. The summed E-state index contributed by atoms with van der Waals surface area (Å²) >= 11 is 5.95. The number of benzene rings is 1. The van der Waals surface area contributed by atoms with Gasteiger partial charge >= 0.3 is 0 Å². The lowest BCUT2D eigenvalue weighted by molar-refractivity contribution is -0.0943. The van der Waals surface area contributed by atoms with Crippen LogP contribution in [0.5, 0.6) is 0 Å². The first-order chi connectivity index (χ1) is 10.9. The molecule has 0 radical (unpaired) electrons. The molecule has 1 N–H and O–H groups in total. The predicted molar refractivity (Wildman–Crippen MR) is 94.2 cm³/mol. The van der Waals surface area contributed by atoms with Crippen LogP contribution in [-0.2, 0) is 6.54 Å². The molecule has 0 amide bonds. The lowest BCUT2D eigenvalue weighted by atomic mass is 9.63. The highest BCUT2D eigenvalue weighted by atomic mass is 35.5. The van der Waals surface area contributed by atoms with Crippen LogP contribution in [0, 0.1) is 5.41 Å². The van der Waals surface area contributed by atoms with Gasteiger partial charge < -0.3 is 9.67 Å². The molecule has 1 saturated carbocycles. The van der Waals surface area contributed by atoms with Gasteiger partial charge in [0.1, 0.15) is 0 Å². The van der Waals surface area contributed by atoms with E-state index in [2.05, 4.69) is 24.9 Å². The number of rotatable bonds is 3. The fraction of sp³-hybridized carbons (Fsp3) is 0.421. The van der Waals surface area contributed by atoms with E-state index in [4.69, 9.17) is 11.6 Å². The Labute approximate surface area is 142 Å². The number of hydrogen-bond donors (Lipinski definition) is 1. The van der Waals surface area contributed by atoms with Crippen LogP contribution in [0.4, 0.5) is 0 Å². The summed E-state index contributed by atoms with van der Waals surface area (Å²) in [5.41, 5.74) is 1.52. The van der Waals surface area contributed by atoms with Gasteiger partial charge in [-0.05, 0) is 42.4 Å². The first kappa shape index (κ1) is 16.3. The Kier molecular flexibility index (Phi) is 4.35. The highest BCUT2D eigenvalue weighted by molar-refractivity contribution is 6.30. The largest absolute Gasteiger partial charge is 0.387 e. The molecule has 4 heteroatoms. The average molecular weight is 331 g/mol. The lowest BCUT2D eigenvalue weighted by Crippen LogP contribution is -2.50. The van der Waals surface area contributed by atoms with Crippen molar-refractivity contribution < 1.29 is 5.11 Å². The van der Waals surface area contributed by atoms with E-state index in [0.717, 1.165) is 23.4 Å². The fourth-order valence-corrected chi connectivity index (χ4v) is 3.41. The molecule has 1 heterocycles. The third kappa shape index (κ3) is 3.51. The molecule has 0 spiro atoms. The molecule has 1 atom stereocenters. The first-order valence-corrected chi connectivity index (χ1v) is 8.39. The van der Waals surface area contributed by atoms with Gasteiger partial charge in [0.2, 0.25) is 0 Å². The zero-order valence-electron chi connectivity index (χ0n) is 13.7. The summed E-state index contributed by atoms with van der Waals surface area (Å²) in [7, 11) is 0. The Morgan fingerprint density at radius 3 is 2.70 bits per heavy atom. The maximum atomic E-state index is 11.4. The average Bonchev–Trinajstić information content (AvgIpc) is 2.98. The van der Waals surface area contributed by atoms with Crippen LogP contribution in [0.1, 0.15) is 38.7 Å². The molecule has 2 aromatic rings. The number of aliphatic hydroxyl groups is 1. The van der Waals surface area contributed by atoms with Crippen molar-refractivity contribution in [2.24, 2.45) is 5.41 Å². The standard InChI is InChI=1S/C19H23ClN2O/c1-18(2)8-7-16(11-15-3-5-17(20)6-4-15)12-19(18,23)13-22-10-9-21-14-22/h3-6,9-11,14,23H,7-8,12-13H2,1-2H3/b16-11-. The summed E-state index contributed by atoms with van der Waals surface area (Å²) in [5.74, 6) is 0. The molecule has 1 aromatic carbocycles. The summed E-state index contributed by atoms with van der Waals surface area (Å²) in [6, 6.07) is 7.84. The number of nitrogens with zero attached hydrogens (tertiary/aromatic N) is 2. The Bertz CT molecular complexity index is 689. The van der Waals surface area contributed by atoms with Crippen molar-refractivity contribution in [3.8, 4) is 0 Å². The normalized spacial score (nSPS) is 25.7. The molecule has 1 unspecified atom stereocenters. The van der Waals surface area contributed by atoms with E-state index in [0.29, 0.717) is 13.0 Å². The molecule has 0 bridgehead atoms. The van der Waals surface area contributed by atoms with Crippen molar-refractivity contribution in [1.29, 1.82) is 0 Å². The van der Waals surface area contributed by atoms with Crippen molar-refractivity contribution in [2.75, 3.05) is 0 Å². The zero-order valence-corrected chi connectivity index (χ0v) is 14.4.